The molecule has 0 radical (unpaired) electrons. The molecule has 6 heteroatoms. The van der Waals surface area contributed by atoms with E-state index in [0.29, 0.717) is 25.6 Å². The highest BCUT2D eigenvalue weighted by atomic mass is 79.9. The van der Waals surface area contributed by atoms with E-state index in [1.807, 2.05) is 31.0 Å². The Balaban J connectivity index is 0.00000264. The SMILES string of the molecule is CCOc1ccc(Br)cc1CN(C(=O)CCCNC)C1CC1.Cl. The van der Waals surface area contributed by atoms with Crippen LogP contribution in [0.1, 0.15) is 38.2 Å². The van der Waals surface area contributed by atoms with E-state index < -0.39 is 0 Å². The quantitative estimate of drug-likeness (QED) is 0.636. The number of hydrogen-bond donors (Lipinski definition) is 1. The third-order valence-corrected chi connectivity index (χ3v) is 4.28. The van der Waals surface area contributed by atoms with Crippen molar-refractivity contribution in [3.8, 4) is 5.75 Å². The number of benzene rings is 1. The summed E-state index contributed by atoms with van der Waals surface area (Å²) in [5.74, 6) is 1.12. The van der Waals surface area contributed by atoms with Gasteiger partial charge in [-0.1, -0.05) is 15.9 Å². The fourth-order valence-corrected chi connectivity index (χ4v) is 2.93. The van der Waals surface area contributed by atoms with Crippen LogP contribution in [-0.2, 0) is 11.3 Å². The van der Waals surface area contributed by atoms with Crippen LogP contribution in [0.25, 0.3) is 0 Å². The number of nitrogens with zero attached hydrogens (tertiary/aromatic N) is 1. The predicted octanol–water partition coefficient (Wildman–Crippen LogP) is 3.76. The molecule has 1 aromatic carbocycles. The highest BCUT2D eigenvalue weighted by molar-refractivity contribution is 9.10. The fourth-order valence-electron chi connectivity index (χ4n) is 2.52. The lowest BCUT2D eigenvalue weighted by atomic mass is 10.1. The Labute approximate surface area is 153 Å². The van der Waals surface area contributed by atoms with E-state index in [0.717, 1.165) is 41.6 Å². The molecule has 1 amide bonds. The second kappa shape index (κ2) is 10.2. The van der Waals surface area contributed by atoms with Gasteiger partial charge in [-0.15, -0.1) is 12.4 Å². The highest BCUT2D eigenvalue weighted by Gasteiger charge is 2.32. The van der Waals surface area contributed by atoms with Gasteiger partial charge in [-0.25, -0.2) is 0 Å². The van der Waals surface area contributed by atoms with Crippen LogP contribution in [0.2, 0.25) is 0 Å². The zero-order chi connectivity index (χ0) is 15.9. The van der Waals surface area contributed by atoms with Gasteiger partial charge in [0.25, 0.3) is 0 Å². The number of carbonyl (C=O) groups excluding carboxylic acids is 1. The first-order chi connectivity index (χ1) is 10.7. The molecule has 1 saturated carbocycles. The van der Waals surface area contributed by atoms with Gasteiger partial charge in [0, 0.05) is 29.0 Å². The summed E-state index contributed by atoms with van der Waals surface area (Å²) < 4.78 is 6.72. The first-order valence-corrected chi connectivity index (χ1v) is 8.80. The number of ether oxygens (including phenoxy) is 1. The van der Waals surface area contributed by atoms with E-state index in [2.05, 4.69) is 27.3 Å². The van der Waals surface area contributed by atoms with Gasteiger partial charge in [0.05, 0.1) is 6.61 Å². The average Bonchev–Trinajstić information content (AvgIpc) is 3.32. The van der Waals surface area contributed by atoms with E-state index in [4.69, 9.17) is 4.74 Å². The summed E-state index contributed by atoms with van der Waals surface area (Å²) >= 11 is 3.51. The molecule has 130 valence electrons. The Hall–Kier alpha value is -0.780. The molecule has 1 aliphatic rings. The van der Waals surface area contributed by atoms with E-state index in [1.54, 1.807) is 0 Å². The van der Waals surface area contributed by atoms with Gasteiger partial charge in [-0.3, -0.25) is 4.79 Å². The van der Waals surface area contributed by atoms with Crippen molar-refractivity contribution in [1.29, 1.82) is 0 Å². The molecule has 1 aliphatic carbocycles. The van der Waals surface area contributed by atoms with Crippen LogP contribution in [0, 0.1) is 0 Å². The van der Waals surface area contributed by atoms with Crippen LogP contribution in [0.15, 0.2) is 22.7 Å². The number of amides is 1. The normalized spacial score (nSPS) is 13.3. The summed E-state index contributed by atoms with van der Waals surface area (Å²) in [4.78, 5) is 14.5. The Morgan fingerprint density at radius 3 is 2.78 bits per heavy atom. The van der Waals surface area contributed by atoms with Crippen molar-refractivity contribution in [3.05, 3.63) is 28.2 Å². The summed E-state index contributed by atoms with van der Waals surface area (Å²) in [6.07, 6.45) is 3.73. The smallest absolute Gasteiger partial charge is 0.223 e. The first-order valence-electron chi connectivity index (χ1n) is 8.01. The molecule has 23 heavy (non-hydrogen) atoms. The third-order valence-electron chi connectivity index (χ3n) is 3.79. The van der Waals surface area contributed by atoms with E-state index in [9.17, 15) is 4.79 Å². The van der Waals surface area contributed by atoms with Crippen LogP contribution in [0.3, 0.4) is 0 Å². The topological polar surface area (TPSA) is 41.6 Å². The van der Waals surface area contributed by atoms with Crippen LogP contribution in [0.4, 0.5) is 0 Å². The van der Waals surface area contributed by atoms with Gasteiger partial charge in [0.1, 0.15) is 5.75 Å². The lowest BCUT2D eigenvalue weighted by Crippen LogP contribution is -2.33. The molecule has 0 unspecified atom stereocenters. The molecule has 0 atom stereocenters. The maximum absolute atomic E-state index is 12.5. The second-order valence-corrected chi connectivity index (χ2v) is 6.56. The molecular formula is C17H26BrClN2O2. The van der Waals surface area contributed by atoms with Gasteiger partial charge >= 0.3 is 0 Å². The molecule has 1 aromatic rings. The van der Waals surface area contributed by atoms with Crippen molar-refractivity contribution >= 4 is 34.2 Å². The number of hydrogen-bond acceptors (Lipinski definition) is 3. The van der Waals surface area contributed by atoms with E-state index >= 15 is 0 Å². The highest BCUT2D eigenvalue weighted by Crippen LogP contribution is 2.32. The molecule has 0 bridgehead atoms. The largest absolute Gasteiger partial charge is 0.494 e. The van der Waals surface area contributed by atoms with Gasteiger partial charge in [0.2, 0.25) is 5.91 Å². The van der Waals surface area contributed by atoms with Crippen molar-refractivity contribution in [3.63, 3.8) is 0 Å². The van der Waals surface area contributed by atoms with Gasteiger partial charge in [0.15, 0.2) is 0 Å². The maximum atomic E-state index is 12.5. The zero-order valence-electron chi connectivity index (χ0n) is 13.8. The summed E-state index contributed by atoms with van der Waals surface area (Å²) in [7, 11) is 1.92. The average molecular weight is 406 g/mol. The molecule has 2 rings (SSSR count). The van der Waals surface area contributed by atoms with Crippen molar-refractivity contribution in [2.45, 2.75) is 45.2 Å². The molecule has 0 saturated heterocycles. The van der Waals surface area contributed by atoms with Crippen molar-refractivity contribution in [2.75, 3.05) is 20.2 Å². The molecular weight excluding hydrogens is 380 g/mol. The number of rotatable bonds is 9. The summed E-state index contributed by atoms with van der Waals surface area (Å²) in [5, 5.41) is 3.09. The van der Waals surface area contributed by atoms with Crippen LogP contribution < -0.4 is 10.1 Å². The minimum atomic E-state index is 0. The van der Waals surface area contributed by atoms with E-state index in [-0.39, 0.29) is 18.3 Å². The molecule has 0 aromatic heterocycles. The predicted molar refractivity (Wildman–Crippen MR) is 99.3 cm³/mol. The van der Waals surface area contributed by atoms with Gasteiger partial charge < -0.3 is 15.0 Å². The second-order valence-electron chi connectivity index (χ2n) is 5.64. The van der Waals surface area contributed by atoms with Crippen LogP contribution in [-0.4, -0.2) is 37.0 Å². The lowest BCUT2D eigenvalue weighted by molar-refractivity contribution is -0.132. The summed E-state index contributed by atoms with van der Waals surface area (Å²) in [5.41, 5.74) is 1.07. The minimum Gasteiger partial charge on any atom is -0.494 e. The Morgan fingerprint density at radius 1 is 1.43 bits per heavy atom. The molecule has 0 aliphatic heterocycles. The van der Waals surface area contributed by atoms with Gasteiger partial charge in [-0.2, -0.15) is 0 Å². The third kappa shape index (κ3) is 6.32. The van der Waals surface area contributed by atoms with Crippen LogP contribution >= 0.6 is 28.3 Å². The number of nitrogens with one attached hydrogen (secondary N) is 1. The van der Waals surface area contributed by atoms with Crippen molar-refractivity contribution in [2.24, 2.45) is 0 Å². The molecule has 0 spiro atoms. The standard InChI is InChI=1S/C17H25BrN2O2.ClH/c1-3-22-16-9-6-14(18)11-13(16)12-20(15-7-8-15)17(21)5-4-10-19-2;/h6,9,11,15,19H,3-5,7-8,10,12H2,1-2H3;1H. The molecule has 4 nitrogen and oxygen atoms in total. The lowest BCUT2D eigenvalue weighted by Gasteiger charge is -2.24. The minimum absolute atomic E-state index is 0. The number of carbonyl (C=O) groups is 1. The Bertz CT molecular complexity index is 509. The van der Waals surface area contributed by atoms with Crippen LogP contribution in [0.5, 0.6) is 5.75 Å². The molecule has 0 heterocycles. The fraction of sp³-hybridized carbons (Fsp3) is 0.588. The summed E-state index contributed by atoms with van der Waals surface area (Å²) in [6, 6.07) is 6.42. The zero-order valence-corrected chi connectivity index (χ0v) is 16.2. The Morgan fingerprint density at radius 2 is 2.17 bits per heavy atom. The summed E-state index contributed by atoms with van der Waals surface area (Å²) in [6.45, 7) is 4.13. The number of halogens is 2. The van der Waals surface area contributed by atoms with Crippen molar-refractivity contribution in [1.82, 2.24) is 10.2 Å². The maximum Gasteiger partial charge on any atom is 0.223 e. The van der Waals surface area contributed by atoms with Gasteiger partial charge in [-0.05, 0) is 58.0 Å². The van der Waals surface area contributed by atoms with E-state index in [1.165, 1.54) is 0 Å². The molecule has 1 fully saturated rings. The Kier molecular flexibility index (Phi) is 8.95. The first kappa shape index (κ1) is 20.3. The molecule has 1 N–H and O–H groups in total. The monoisotopic (exact) mass is 404 g/mol. The van der Waals surface area contributed by atoms with Crippen molar-refractivity contribution < 1.29 is 9.53 Å².